The van der Waals surface area contributed by atoms with Crippen molar-refractivity contribution in [2.75, 3.05) is 7.11 Å². The predicted molar refractivity (Wildman–Crippen MR) is 110 cm³/mol. The Balaban J connectivity index is 1.87. The first-order valence-corrected chi connectivity index (χ1v) is 9.50. The maximum Gasteiger partial charge on any atom is 0.492 e. The van der Waals surface area contributed by atoms with Gasteiger partial charge in [0, 0.05) is 21.8 Å². The minimum atomic E-state index is -1.60. The lowest BCUT2D eigenvalue weighted by molar-refractivity contribution is 0.404. The number of rotatable bonds is 3. The molecule has 0 fully saturated rings. The summed E-state index contributed by atoms with van der Waals surface area (Å²) in [6, 6.07) is 9.46. The second-order valence-electron chi connectivity index (χ2n) is 7.22. The third-order valence-electron chi connectivity index (χ3n) is 5.67. The maximum absolute atomic E-state index is 9.76. The summed E-state index contributed by atoms with van der Waals surface area (Å²) in [6.45, 7) is 0. The molecule has 2 aromatic carbocycles. The molecule has 0 aliphatic heterocycles. The van der Waals surface area contributed by atoms with E-state index in [1.165, 1.54) is 11.1 Å². The van der Waals surface area contributed by atoms with Crippen LogP contribution in [0.3, 0.4) is 0 Å². The monoisotopic (exact) mass is 373 g/mol. The van der Waals surface area contributed by atoms with Crippen molar-refractivity contribution in [1.29, 1.82) is 0 Å². The summed E-state index contributed by atoms with van der Waals surface area (Å²) in [5, 5.41) is 29.1. The summed E-state index contributed by atoms with van der Waals surface area (Å²) in [5.41, 5.74) is 6.45. The number of H-pyrrole nitrogens is 1. The van der Waals surface area contributed by atoms with Crippen LogP contribution in [-0.2, 0) is 12.8 Å². The topological polar surface area (TPSA) is 91.3 Å². The Morgan fingerprint density at radius 3 is 2.68 bits per heavy atom. The van der Waals surface area contributed by atoms with E-state index in [4.69, 9.17) is 9.72 Å². The van der Waals surface area contributed by atoms with E-state index in [2.05, 4.69) is 10.2 Å². The van der Waals surface area contributed by atoms with Crippen LogP contribution in [0.5, 0.6) is 5.75 Å². The smallest absolute Gasteiger partial charge is 0.492 e. The minimum Gasteiger partial charge on any atom is -0.496 e. The van der Waals surface area contributed by atoms with Crippen molar-refractivity contribution >= 4 is 34.4 Å². The standard InChI is InChI=1S/C21H20BN3O3/c1-28-21-15(7-4-8-16(21)22(26)27)20-14-6-3-2-5-13(14)18-17(24-20)10-9-12-11-23-25-19(12)18/h4,7-11,26-27H,2-3,5-6H2,1H3,(H,23,25). The van der Waals surface area contributed by atoms with Gasteiger partial charge in [-0.1, -0.05) is 12.1 Å². The SMILES string of the molecule is COc1c(B(O)O)cccc1-c1nc2ccc3cn[nH]c3c2c2c1CCCC2. The first-order valence-electron chi connectivity index (χ1n) is 9.50. The Kier molecular flexibility index (Phi) is 4.07. The molecule has 0 saturated carbocycles. The second kappa shape index (κ2) is 6.62. The fourth-order valence-corrected chi connectivity index (χ4v) is 4.43. The number of methoxy groups -OCH3 is 1. The summed E-state index contributed by atoms with van der Waals surface area (Å²) in [5.74, 6) is 0.458. The first kappa shape index (κ1) is 17.2. The summed E-state index contributed by atoms with van der Waals surface area (Å²) in [6.07, 6.45) is 6.02. The number of aromatic nitrogens is 3. The van der Waals surface area contributed by atoms with Crippen LogP contribution in [0.15, 0.2) is 36.5 Å². The number of nitrogens with one attached hydrogen (secondary N) is 1. The third-order valence-corrected chi connectivity index (χ3v) is 5.67. The zero-order valence-electron chi connectivity index (χ0n) is 15.6. The van der Waals surface area contributed by atoms with E-state index in [-0.39, 0.29) is 0 Å². The van der Waals surface area contributed by atoms with Gasteiger partial charge in [-0.25, -0.2) is 4.98 Å². The van der Waals surface area contributed by atoms with Crippen LogP contribution in [0.4, 0.5) is 0 Å². The van der Waals surface area contributed by atoms with E-state index >= 15 is 0 Å². The van der Waals surface area contributed by atoms with Crippen LogP contribution in [0.25, 0.3) is 33.1 Å². The minimum absolute atomic E-state index is 0.343. The molecular weight excluding hydrogens is 353 g/mol. The summed E-state index contributed by atoms with van der Waals surface area (Å²) in [7, 11) is -0.0531. The number of para-hydroxylation sites is 1. The van der Waals surface area contributed by atoms with Crippen molar-refractivity contribution in [2.24, 2.45) is 0 Å². The number of ether oxygens (including phenoxy) is 1. The molecule has 0 saturated heterocycles. The lowest BCUT2D eigenvalue weighted by atomic mass is 9.77. The molecule has 0 amide bonds. The molecule has 1 aliphatic carbocycles. The van der Waals surface area contributed by atoms with Crippen molar-refractivity contribution < 1.29 is 14.8 Å². The molecule has 0 radical (unpaired) electrons. The van der Waals surface area contributed by atoms with Crippen molar-refractivity contribution in [3.8, 4) is 17.0 Å². The van der Waals surface area contributed by atoms with Crippen LogP contribution < -0.4 is 10.2 Å². The van der Waals surface area contributed by atoms with E-state index in [0.717, 1.165) is 58.7 Å². The molecule has 2 heterocycles. The van der Waals surface area contributed by atoms with E-state index in [9.17, 15) is 10.0 Å². The van der Waals surface area contributed by atoms with E-state index in [1.807, 2.05) is 30.5 Å². The predicted octanol–water partition coefficient (Wildman–Crippen LogP) is 2.35. The van der Waals surface area contributed by atoms with Gasteiger partial charge in [-0.2, -0.15) is 5.10 Å². The van der Waals surface area contributed by atoms with Crippen molar-refractivity contribution in [3.05, 3.63) is 47.7 Å². The highest BCUT2D eigenvalue weighted by atomic mass is 16.5. The number of nitrogens with zero attached hydrogens (tertiary/aromatic N) is 2. The van der Waals surface area contributed by atoms with E-state index in [0.29, 0.717) is 11.2 Å². The van der Waals surface area contributed by atoms with Gasteiger partial charge in [0.15, 0.2) is 0 Å². The molecule has 5 rings (SSSR count). The van der Waals surface area contributed by atoms with Gasteiger partial charge in [-0.15, -0.1) is 0 Å². The number of hydrogen-bond acceptors (Lipinski definition) is 5. The number of hydrogen-bond donors (Lipinski definition) is 3. The van der Waals surface area contributed by atoms with Gasteiger partial charge in [-0.3, -0.25) is 5.10 Å². The average Bonchev–Trinajstić information content (AvgIpc) is 3.21. The Hall–Kier alpha value is -2.90. The molecule has 0 bridgehead atoms. The Morgan fingerprint density at radius 1 is 1.07 bits per heavy atom. The second-order valence-corrected chi connectivity index (χ2v) is 7.22. The zero-order chi connectivity index (χ0) is 19.3. The van der Waals surface area contributed by atoms with Crippen LogP contribution in [0.2, 0.25) is 0 Å². The molecular formula is C21H20BN3O3. The molecule has 6 nitrogen and oxygen atoms in total. The largest absolute Gasteiger partial charge is 0.496 e. The molecule has 0 spiro atoms. The van der Waals surface area contributed by atoms with E-state index in [1.54, 1.807) is 13.2 Å². The quantitative estimate of drug-likeness (QED) is 0.480. The van der Waals surface area contributed by atoms with Gasteiger partial charge in [0.25, 0.3) is 0 Å². The molecule has 1 aliphatic rings. The molecule has 7 heteroatoms. The van der Waals surface area contributed by atoms with Crippen molar-refractivity contribution in [1.82, 2.24) is 15.2 Å². The summed E-state index contributed by atoms with van der Waals surface area (Å²) in [4.78, 5) is 5.01. The number of aromatic amines is 1. The number of benzene rings is 2. The molecule has 3 N–H and O–H groups in total. The average molecular weight is 373 g/mol. The highest BCUT2D eigenvalue weighted by molar-refractivity contribution is 6.60. The van der Waals surface area contributed by atoms with Gasteiger partial charge in [0.2, 0.25) is 0 Å². The lowest BCUT2D eigenvalue weighted by Crippen LogP contribution is -2.31. The molecule has 28 heavy (non-hydrogen) atoms. The first-order chi connectivity index (χ1) is 13.7. The van der Waals surface area contributed by atoms with E-state index < -0.39 is 7.12 Å². The molecule has 4 aromatic rings. The highest BCUT2D eigenvalue weighted by Crippen LogP contribution is 2.39. The molecule has 0 unspecified atom stereocenters. The van der Waals surface area contributed by atoms with Crippen molar-refractivity contribution in [3.63, 3.8) is 0 Å². The van der Waals surface area contributed by atoms with Gasteiger partial charge in [0.05, 0.1) is 30.0 Å². The molecule has 2 aromatic heterocycles. The highest BCUT2D eigenvalue weighted by Gasteiger charge is 2.25. The van der Waals surface area contributed by atoms with Gasteiger partial charge in [0.1, 0.15) is 5.75 Å². The summed E-state index contributed by atoms with van der Waals surface area (Å²) >= 11 is 0. The maximum atomic E-state index is 9.76. The number of fused-ring (bicyclic) bond motifs is 5. The zero-order valence-corrected chi connectivity index (χ0v) is 15.6. The number of pyridine rings is 1. The normalized spacial score (nSPS) is 13.7. The summed E-state index contributed by atoms with van der Waals surface area (Å²) < 4.78 is 5.58. The van der Waals surface area contributed by atoms with Gasteiger partial charge < -0.3 is 14.8 Å². The Bertz CT molecular complexity index is 1200. The number of aryl methyl sites for hydroxylation is 1. The van der Waals surface area contributed by atoms with Crippen LogP contribution in [0, 0.1) is 0 Å². The van der Waals surface area contributed by atoms with Crippen LogP contribution in [0.1, 0.15) is 24.0 Å². The third kappa shape index (κ3) is 2.51. The lowest BCUT2D eigenvalue weighted by Gasteiger charge is -2.23. The Labute approximate surface area is 162 Å². The van der Waals surface area contributed by atoms with Gasteiger partial charge >= 0.3 is 7.12 Å². The molecule has 140 valence electrons. The van der Waals surface area contributed by atoms with Crippen LogP contribution >= 0.6 is 0 Å². The fraction of sp³-hybridized carbons (Fsp3) is 0.238. The van der Waals surface area contributed by atoms with Gasteiger partial charge in [-0.05, 0) is 55.0 Å². The van der Waals surface area contributed by atoms with Crippen molar-refractivity contribution in [2.45, 2.75) is 25.7 Å². The molecule has 0 atom stereocenters. The fourth-order valence-electron chi connectivity index (χ4n) is 4.43. The van der Waals surface area contributed by atoms with Crippen LogP contribution in [-0.4, -0.2) is 39.5 Å². The Morgan fingerprint density at radius 2 is 1.89 bits per heavy atom.